The molecule has 0 N–H and O–H groups in total. The number of rotatable bonds is 1. The van der Waals surface area contributed by atoms with E-state index in [0.717, 1.165) is 0 Å². The second-order valence-electron chi connectivity index (χ2n) is 7.64. The number of carbonyl (C=O) groups excluding carboxylic acids is 1. The highest BCUT2D eigenvalue weighted by Crippen LogP contribution is 2.39. The molecule has 22 heavy (non-hydrogen) atoms. The average Bonchev–Trinajstić information content (AvgIpc) is 2.57. The Kier molecular flexibility index (Phi) is 4.26. The normalized spacial score (nSPS) is 23.9. The summed E-state index contributed by atoms with van der Waals surface area (Å²) in [5.41, 5.74) is -0.935. The molecule has 0 aromatic heterocycles. The van der Waals surface area contributed by atoms with Gasteiger partial charge in [-0.25, -0.2) is 4.79 Å². The van der Waals surface area contributed by atoms with E-state index in [-0.39, 0.29) is 0 Å². The smallest absolute Gasteiger partial charge is 0.498 e. The molecule has 2 aliphatic heterocycles. The minimum atomic E-state index is -0.616. The number of ether oxygens (including phenoxy) is 2. The van der Waals surface area contributed by atoms with Crippen LogP contribution in [0.25, 0.3) is 0 Å². The Morgan fingerprint density at radius 1 is 1.23 bits per heavy atom. The molecule has 0 aromatic carbocycles. The van der Waals surface area contributed by atoms with Crippen LogP contribution in [0.5, 0.6) is 0 Å². The molecule has 0 saturated carbocycles. The van der Waals surface area contributed by atoms with E-state index in [9.17, 15) is 4.79 Å². The number of hydrogen-bond acceptors (Lipinski definition) is 5. The third kappa shape index (κ3) is 3.58. The summed E-state index contributed by atoms with van der Waals surface area (Å²) in [6.45, 7) is 14.2. The molecule has 1 fully saturated rings. The van der Waals surface area contributed by atoms with Crippen molar-refractivity contribution in [2.45, 2.75) is 65.3 Å². The SMILES string of the molecule is CC(C)(C)OC(=O)N1C=C(B2OC(C)(C)C(C)(C)O2)OCC1. The molecule has 124 valence electrons. The van der Waals surface area contributed by atoms with Crippen molar-refractivity contribution in [2.24, 2.45) is 0 Å². The first kappa shape index (κ1) is 17.2. The van der Waals surface area contributed by atoms with Gasteiger partial charge in [0.1, 0.15) is 17.9 Å². The summed E-state index contributed by atoms with van der Waals surface area (Å²) in [7, 11) is -0.616. The first-order valence-electron chi connectivity index (χ1n) is 7.61. The lowest BCUT2D eigenvalue weighted by Crippen LogP contribution is -2.41. The summed E-state index contributed by atoms with van der Waals surface area (Å²) in [6.07, 6.45) is 1.21. The molecule has 6 nitrogen and oxygen atoms in total. The van der Waals surface area contributed by atoms with E-state index in [1.807, 2.05) is 48.5 Å². The fraction of sp³-hybridized carbons (Fsp3) is 0.800. The lowest BCUT2D eigenvalue weighted by molar-refractivity contribution is 0.00578. The van der Waals surface area contributed by atoms with Crippen molar-refractivity contribution in [3.8, 4) is 0 Å². The molecule has 7 heteroatoms. The van der Waals surface area contributed by atoms with Gasteiger partial charge in [0.2, 0.25) is 0 Å². The van der Waals surface area contributed by atoms with Gasteiger partial charge in [-0.2, -0.15) is 0 Å². The fourth-order valence-corrected chi connectivity index (χ4v) is 2.07. The molecule has 0 radical (unpaired) electrons. The largest absolute Gasteiger partial charge is 0.533 e. The van der Waals surface area contributed by atoms with Gasteiger partial charge in [-0.1, -0.05) is 0 Å². The zero-order valence-electron chi connectivity index (χ0n) is 14.6. The molecule has 0 bridgehead atoms. The Bertz CT molecular complexity index is 465. The summed E-state index contributed by atoms with van der Waals surface area (Å²) in [5.74, 6) is 0. The van der Waals surface area contributed by atoms with Crippen LogP contribution in [-0.2, 0) is 18.8 Å². The van der Waals surface area contributed by atoms with Gasteiger partial charge >= 0.3 is 13.2 Å². The Labute approximate surface area is 132 Å². The first-order chi connectivity index (χ1) is 9.91. The highest BCUT2D eigenvalue weighted by atomic mass is 16.7. The molecule has 0 atom stereocenters. The molecule has 1 saturated heterocycles. The van der Waals surface area contributed by atoms with Crippen molar-refractivity contribution in [2.75, 3.05) is 13.2 Å². The third-order valence-electron chi connectivity index (χ3n) is 4.00. The van der Waals surface area contributed by atoms with Gasteiger partial charge < -0.3 is 18.8 Å². The molecule has 2 aliphatic rings. The van der Waals surface area contributed by atoms with Gasteiger partial charge in [-0.15, -0.1) is 0 Å². The van der Waals surface area contributed by atoms with Crippen molar-refractivity contribution in [3.63, 3.8) is 0 Å². The Balaban J connectivity index is 2.11. The van der Waals surface area contributed by atoms with Crippen LogP contribution in [-0.4, -0.2) is 48.1 Å². The predicted octanol–water partition coefficient (Wildman–Crippen LogP) is 2.73. The zero-order chi connectivity index (χ0) is 16.8. The number of amides is 1. The van der Waals surface area contributed by atoms with E-state index in [2.05, 4.69) is 0 Å². The number of carbonyl (C=O) groups is 1. The van der Waals surface area contributed by atoms with Crippen LogP contribution in [0.2, 0.25) is 0 Å². The van der Waals surface area contributed by atoms with Gasteiger partial charge in [-0.3, -0.25) is 4.90 Å². The van der Waals surface area contributed by atoms with Gasteiger partial charge in [0.15, 0.2) is 0 Å². The van der Waals surface area contributed by atoms with Crippen LogP contribution in [0.1, 0.15) is 48.5 Å². The summed E-state index contributed by atoms with van der Waals surface area (Å²) in [6, 6.07) is 0. The molecular formula is C15H26BNO5. The maximum atomic E-state index is 12.2. The highest BCUT2D eigenvalue weighted by Gasteiger charge is 2.54. The van der Waals surface area contributed by atoms with Crippen molar-refractivity contribution in [3.05, 3.63) is 11.9 Å². The van der Waals surface area contributed by atoms with E-state index in [0.29, 0.717) is 18.8 Å². The van der Waals surface area contributed by atoms with Crippen molar-refractivity contribution in [1.82, 2.24) is 4.90 Å². The standard InChI is InChI=1S/C15H26BNO5/c1-13(2,3)20-12(18)17-8-9-19-11(10-17)16-21-14(4,5)15(6,7)22-16/h10H,8-9H2,1-7H3. The van der Waals surface area contributed by atoms with Gasteiger partial charge in [-0.05, 0) is 48.5 Å². The Morgan fingerprint density at radius 2 is 1.77 bits per heavy atom. The van der Waals surface area contributed by atoms with Gasteiger partial charge in [0, 0.05) is 6.20 Å². The monoisotopic (exact) mass is 311 g/mol. The molecule has 0 aromatic rings. The second kappa shape index (κ2) is 5.46. The van der Waals surface area contributed by atoms with Crippen LogP contribution in [0.15, 0.2) is 11.9 Å². The Morgan fingerprint density at radius 3 is 2.27 bits per heavy atom. The van der Waals surface area contributed by atoms with E-state index < -0.39 is 30.0 Å². The molecule has 0 spiro atoms. The summed E-state index contributed by atoms with van der Waals surface area (Å²) >= 11 is 0. The van der Waals surface area contributed by atoms with E-state index in [4.69, 9.17) is 18.8 Å². The number of hydrogen-bond donors (Lipinski definition) is 0. The van der Waals surface area contributed by atoms with Crippen LogP contribution in [0.3, 0.4) is 0 Å². The summed E-state index contributed by atoms with van der Waals surface area (Å²) in [5, 5.41) is 0. The minimum absolute atomic E-state index is 0.384. The van der Waals surface area contributed by atoms with Crippen LogP contribution >= 0.6 is 0 Å². The fourth-order valence-electron chi connectivity index (χ4n) is 2.07. The minimum Gasteiger partial charge on any atom is -0.498 e. The maximum absolute atomic E-state index is 12.2. The summed E-state index contributed by atoms with van der Waals surface area (Å²) in [4.78, 5) is 13.6. The van der Waals surface area contributed by atoms with Crippen molar-refractivity contribution < 1.29 is 23.6 Å². The van der Waals surface area contributed by atoms with Crippen LogP contribution in [0.4, 0.5) is 4.79 Å². The van der Waals surface area contributed by atoms with E-state index >= 15 is 0 Å². The highest BCUT2D eigenvalue weighted by molar-refractivity contribution is 6.53. The second-order valence-corrected chi connectivity index (χ2v) is 7.64. The maximum Gasteiger partial charge on any atom is 0.533 e. The van der Waals surface area contributed by atoms with Gasteiger partial charge in [0.25, 0.3) is 0 Å². The van der Waals surface area contributed by atoms with Crippen LogP contribution < -0.4 is 0 Å². The zero-order valence-corrected chi connectivity index (χ0v) is 14.6. The van der Waals surface area contributed by atoms with Crippen molar-refractivity contribution in [1.29, 1.82) is 0 Å². The van der Waals surface area contributed by atoms with Gasteiger partial charge in [0.05, 0.1) is 17.7 Å². The molecule has 2 heterocycles. The molecule has 1 amide bonds. The quantitative estimate of drug-likeness (QED) is 0.697. The molecule has 0 aliphatic carbocycles. The molecule has 2 rings (SSSR count). The summed E-state index contributed by atoms with van der Waals surface area (Å²) < 4.78 is 22.9. The topological polar surface area (TPSA) is 57.2 Å². The third-order valence-corrected chi connectivity index (χ3v) is 4.00. The van der Waals surface area contributed by atoms with E-state index in [1.165, 1.54) is 4.90 Å². The average molecular weight is 311 g/mol. The van der Waals surface area contributed by atoms with Crippen LogP contribution in [0, 0.1) is 0 Å². The number of nitrogens with zero attached hydrogens (tertiary/aromatic N) is 1. The Hall–Kier alpha value is -1.21. The van der Waals surface area contributed by atoms with E-state index in [1.54, 1.807) is 6.20 Å². The molecule has 0 unspecified atom stereocenters. The predicted molar refractivity (Wildman–Crippen MR) is 83.1 cm³/mol. The molecular weight excluding hydrogens is 285 g/mol. The van der Waals surface area contributed by atoms with Crippen molar-refractivity contribution >= 4 is 13.2 Å². The first-order valence-corrected chi connectivity index (χ1v) is 7.61. The lowest BCUT2D eigenvalue weighted by atomic mass is 9.86. The lowest BCUT2D eigenvalue weighted by Gasteiger charge is -2.32.